The number of ether oxygens (including phenoxy) is 2. The molecule has 0 atom stereocenters. The molecule has 1 saturated heterocycles. The first-order valence-corrected chi connectivity index (χ1v) is 12.3. The number of methoxy groups -OCH3 is 1. The van der Waals surface area contributed by atoms with E-state index < -0.39 is 27.5 Å². The van der Waals surface area contributed by atoms with E-state index in [1.54, 1.807) is 18.2 Å². The minimum atomic E-state index is -3.59. The summed E-state index contributed by atoms with van der Waals surface area (Å²) in [6.07, 6.45) is 1.05. The van der Waals surface area contributed by atoms with Crippen molar-refractivity contribution in [2.75, 3.05) is 55.1 Å². The summed E-state index contributed by atoms with van der Waals surface area (Å²) in [6, 6.07) is 14.6. The number of sulfone groups is 1. The Balaban J connectivity index is 1.63. The molecule has 0 unspecified atom stereocenters. The molecule has 3 rings (SSSR count). The molecule has 8 nitrogen and oxygen atoms in total. The predicted molar refractivity (Wildman–Crippen MR) is 123 cm³/mol. The van der Waals surface area contributed by atoms with Gasteiger partial charge in [-0.2, -0.15) is 0 Å². The molecule has 1 N–H and O–H groups in total. The van der Waals surface area contributed by atoms with Crippen LogP contribution in [0.3, 0.4) is 0 Å². The number of amides is 1. The Labute approximate surface area is 188 Å². The quantitative estimate of drug-likeness (QED) is 0.573. The van der Waals surface area contributed by atoms with Gasteiger partial charge in [0.2, 0.25) is 5.91 Å². The van der Waals surface area contributed by atoms with Crippen molar-refractivity contribution in [3.8, 4) is 0 Å². The monoisotopic (exact) mass is 460 g/mol. The Kier molecular flexibility index (Phi) is 8.24. The third-order valence-electron chi connectivity index (χ3n) is 5.17. The van der Waals surface area contributed by atoms with Crippen LogP contribution in [0.4, 0.5) is 11.4 Å². The molecule has 1 fully saturated rings. The Hall–Kier alpha value is -2.91. The fourth-order valence-corrected chi connectivity index (χ4v) is 4.74. The summed E-state index contributed by atoms with van der Waals surface area (Å²) in [5, 5.41) is 2.56. The number of nitrogens with one attached hydrogen (secondary N) is 1. The number of aryl methyl sites for hydroxylation is 1. The number of nitrogens with zero attached hydrogens (tertiary/aromatic N) is 1. The van der Waals surface area contributed by atoms with Gasteiger partial charge in [0.1, 0.15) is 5.75 Å². The van der Waals surface area contributed by atoms with Crippen molar-refractivity contribution in [2.24, 2.45) is 0 Å². The van der Waals surface area contributed by atoms with Crippen LogP contribution in [0.1, 0.15) is 22.3 Å². The third kappa shape index (κ3) is 6.80. The van der Waals surface area contributed by atoms with Crippen molar-refractivity contribution in [3.05, 3.63) is 59.7 Å². The van der Waals surface area contributed by atoms with E-state index in [2.05, 4.69) is 10.2 Å². The molecule has 0 aliphatic carbocycles. The van der Waals surface area contributed by atoms with Gasteiger partial charge in [-0.15, -0.1) is 0 Å². The highest BCUT2D eigenvalue weighted by molar-refractivity contribution is 7.92. The highest BCUT2D eigenvalue weighted by Crippen LogP contribution is 2.25. The molecule has 1 amide bonds. The molecule has 2 aromatic carbocycles. The number of esters is 1. The van der Waals surface area contributed by atoms with E-state index in [-0.39, 0.29) is 17.0 Å². The number of hydrogen-bond acceptors (Lipinski definition) is 7. The van der Waals surface area contributed by atoms with Gasteiger partial charge in [-0.3, -0.25) is 4.79 Å². The zero-order valence-electron chi connectivity index (χ0n) is 18.1. The minimum Gasteiger partial charge on any atom is -0.465 e. The van der Waals surface area contributed by atoms with Crippen LogP contribution in [0.15, 0.2) is 48.5 Å². The van der Waals surface area contributed by atoms with Gasteiger partial charge in [0, 0.05) is 18.8 Å². The Morgan fingerprint density at radius 2 is 1.81 bits per heavy atom. The van der Waals surface area contributed by atoms with Crippen LogP contribution in [-0.4, -0.2) is 65.2 Å². The molecule has 0 saturated carbocycles. The van der Waals surface area contributed by atoms with Crippen LogP contribution in [0, 0.1) is 0 Å². The normalized spacial score (nSPS) is 14.1. The van der Waals surface area contributed by atoms with Crippen molar-refractivity contribution < 1.29 is 27.5 Å². The summed E-state index contributed by atoms with van der Waals surface area (Å²) in [5.74, 6) is -2.03. The van der Waals surface area contributed by atoms with Crippen LogP contribution in [0.25, 0.3) is 0 Å². The molecule has 0 bridgehead atoms. The Morgan fingerprint density at radius 3 is 2.50 bits per heavy atom. The summed E-state index contributed by atoms with van der Waals surface area (Å²) in [4.78, 5) is 26.8. The maximum atomic E-state index is 12.4. The number of rotatable bonds is 9. The molecule has 1 heterocycles. The second-order valence-electron chi connectivity index (χ2n) is 7.55. The first-order chi connectivity index (χ1) is 15.4. The minimum absolute atomic E-state index is 0.0882. The lowest BCUT2D eigenvalue weighted by Gasteiger charge is -2.29. The molecule has 2 aromatic rings. The van der Waals surface area contributed by atoms with E-state index in [4.69, 9.17) is 9.47 Å². The highest BCUT2D eigenvalue weighted by Gasteiger charge is 2.21. The van der Waals surface area contributed by atoms with Gasteiger partial charge < -0.3 is 19.7 Å². The average Bonchev–Trinajstić information content (AvgIpc) is 2.79. The number of morpholine rings is 1. The van der Waals surface area contributed by atoms with Gasteiger partial charge >= 0.3 is 5.97 Å². The van der Waals surface area contributed by atoms with Crippen LogP contribution in [0.5, 0.6) is 0 Å². The zero-order valence-corrected chi connectivity index (χ0v) is 18.9. The largest absolute Gasteiger partial charge is 0.465 e. The summed E-state index contributed by atoms with van der Waals surface area (Å²) in [5.41, 5.74) is 2.25. The third-order valence-corrected chi connectivity index (χ3v) is 6.79. The molecule has 1 aliphatic heterocycles. The standard InChI is InChI=1S/C23H28N2O6S/c1-30-23(27)20-16-19(25-11-13-31-14-12-25)9-10-21(20)24-22(26)17-32(28,29)15-5-8-18-6-3-2-4-7-18/h2-4,6-7,9-10,16H,5,8,11-15,17H2,1H3,(H,24,26). The van der Waals surface area contributed by atoms with E-state index in [1.807, 2.05) is 30.3 Å². The topological polar surface area (TPSA) is 102 Å². The van der Waals surface area contributed by atoms with E-state index in [1.165, 1.54) is 7.11 Å². The molecular weight excluding hydrogens is 432 g/mol. The van der Waals surface area contributed by atoms with Gasteiger partial charge in [0.05, 0.1) is 37.3 Å². The van der Waals surface area contributed by atoms with Crippen molar-refractivity contribution in [3.63, 3.8) is 0 Å². The number of hydrogen-bond donors (Lipinski definition) is 1. The lowest BCUT2D eigenvalue weighted by molar-refractivity contribution is -0.113. The number of anilines is 2. The van der Waals surface area contributed by atoms with Crippen LogP contribution in [-0.2, 0) is 30.5 Å². The average molecular weight is 461 g/mol. The number of benzene rings is 2. The fourth-order valence-electron chi connectivity index (χ4n) is 3.54. The lowest BCUT2D eigenvalue weighted by Crippen LogP contribution is -2.36. The number of carbonyl (C=O) groups excluding carboxylic acids is 2. The molecule has 172 valence electrons. The second-order valence-corrected chi connectivity index (χ2v) is 9.73. The van der Waals surface area contributed by atoms with Crippen LogP contribution >= 0.6 is 0 Å². The van der Waals surface area contributed by atoms with Crippen LogP contribution in [0.2, 0.25) is 0 Å². The van der Waals surface area contributed by atoms with Crippen molar-refractivity contribution in [2.45, 2.75) is 12.8 Å². The highest BCUT2D eigenvalue weighted by atomic mass is 32.2. The summed E-state index contributed by atoms with van der Waals surface area (Å²) in [6.45, 7) is 2.56. The summed E-state index contributed by atoms with van der Waals surface area (Å²) < 4.78 is 35.0. The molecule has 1 aliphatic rings. The zero-order chi connectivity index (χ0) is 23.0. The van der Waals surface area contributed by atoms with E-state index >= 15 is 0 Å². The fraction of sp³-hybridized carbons (Fsp3) is 0.391. The van der Waals surface area contributed by atoms with E-state index in [9.17, 15) is 18.0 Å². The molecular formula is C23H28N2O6S. The second kappa shape index (κ2) is 11.1. The van der Waals surface area contributed by atoms with Gasteiger partial charge in [-0.05, 0) is 36.6 Å². The lowest BCUT2D eigenvalue weighted by atomic mass is 10.1. The Morgan fingerprint density at radius 1 is 1.09 bits per heavy atom. The molecule has 9 heteroatoms. The molecule has 0 spiro atoms. The summed E-state index contributed by atoms with van der Waals surface area (Å²) >= 11 is 0. The van der Waals surface area contributed by atoms with Crippen LogP contribution < -0.4 is 10.2 Å². The first kappa shape index (κ1) is 23.7. The molecule has 0 aromatic heterocycles. The molecule has 32 heavy (non-hydrogen) atoms. The van der Waals surface area contributed by atoms with Gasteiger partial charge in [-0.1, -0.05) is 30.3 Å². The van der Waals surface area contributed by atoms with Gasteiger partial charge in [0.25, 0.3) is 0 Å². The maximum absolute atomic E-state index is 12.4. The van der Waals surface area contributed by atoms with Gasteiger partial charge in [-0.25, -0.2) is 13.2 Å². The van der Waals surface area contributed by atoms with E-state index in [0.717, 1.165) is 11.3 Å². The summed E-state index contributed by atoms with van der Waals surface area (Å²) in [7, 11) is -2.33. The van der Waals surface area contributed by atoms with E-state index in [0.29, 0.717) is 39.1 Å². The van der Waals surface area contributed by atoms with Crippen molar-refractivity contribution in [1.29, 1.82) is 0 Å². The first-order valence-electron chi connectivity index (χ1n) is 10.5. The maximum Gasteiger partial charge on any atom is 0.340 e. The van der Waals surface area contributed by atoms with Gasteiger partial charge in [0.15, 0.2) is 9.84 Å². The van der Waals surface area contributed by atoms with Crippen molar-refractivity contribution >= 4 is 33.1 Å². The predicted octanol–water partition coefficient (Wildman–Crippen LogP) is 2.30. The smallest absolute Gasteiger partial charge is 0.340 e. The number of carbonyl (C=O) groups is 2. The Bertz CT molecular complexity index is 1030. The SMILES string of the molecule is COC(=O)c1cc(N2CCOCC2)ccc1NC(=O)CS(=O)(=O)CCCc1ccccc1. The molecule has 0 radical (unpaired) electrons. The van der Waals surface area contributed by atoms with Crippen molar-refractivity contribution in [1.82, 2.24) is 0 Å².